The molecule has 1 saturated heterocycles. The molecule has 1 saturated carbocycles. The van der Waals surface area contributed by atoms with Crippen LogP contribution in [0.3, 0.4) is 0 Å². The minimum absolute atomic E-state index is 0.0173. The van der Waals surface area contributed by atoms with Crippen LogP contribution in [-0.2, 0) is 25.6 Å². The summed E-state index contributed by atoms with van der Waals surface area (Å²) >= 11 is 15.6. The molecule has 0 bridgehead atoms. The minimum atomic E-state index is -1.80. The van der Waals surface area contributed by atoms with Gasteiger partial charge in [0.1, 0.15) is 21.3 Å². The molecule has 6 rings (SSSR count). The normalized spacial score (nSPS) is 24.6. The maximum atomic E-state index is 14.6. The summed E-state index contributed by atoms with van der Waals surface area (Å²) in [5, 5.41) is 21.8. The lowest BCUT2D eigenvalue weighted by Crippen LogP contribution is -2.53. The number of anilines is 1. The average molecular weight is 771 g/mol. The van der Waals surface area contributed by atoms with E-state index in [1.165, 1.54) is 33.0 Å². The molecule has 3 aromatic rings. The summed E-state index contributed by atoms with van der Waals surface area (Å²) in [5.41, 5.74) is 3.93. The number of carbonyl (C=O) groups is 4. The Hall–Kier alpha value is -4.71. The Bertz CT molecular complexity index is 1970. The number of carboxylic acids is 1. The van der Waals surface area contributed by atoms with Gasteiger partial charge in [-0.2, -0.15) is 5.26 Å². The molecule has 252 valence electrons. The Morgan fingerprint density at radius 2 is 1.86 bits per heavy atom. The van der Waals surface area contributed by atoms with E-state index < -0.39 is 58.8 Å². The third kappa shape index (κ3) is 5.55. The first kappa shape index (κ1) is 34.2. The van der Waals surface area contributed by atoms with Gasteiger partial charge in [0.2, 0.25) is 11.8 Å². The number of hydrogen-bond acceptors (Lipinski definition) is 8. The Kier molecular flexibility index (Phi) is 8.59. The topological polar surface area (TPSA) is 173 Å². The quantitative estimate of drug-likeness (QED) is 0.161. The summed E-state index contributed by atoms with van der Waals surface area (Å²) in [6.45, 7) is 3.27. The van der Waals surface area contributed by atoms with Gasteiger partial charge in [-0.05, 0) is 77.7 Å². The van der Waals surface area contributed by atoms with E-state index >= 15 is 0 Å². The molecule has 1 aliphatic carbocycles. The molecule has 3 amide bonds. The predicted molar refractivity (Wildman–Crippen MR) is 179 cm³/mol. The smallest absolute Gasteiger partial charge is 0.353 e. The van der Waals surface area contributed by atoms with E-state index in [9.17, 15) is 33.9 Å². The molecule has 4 N–H and O–H groups in total. The van der Waals surface area contributed by atoms with E-state index in [0.717, 1.165) is 0 Å². The van der Waals surface area contributed by atoms with E-state index in [1.807, 2.05) is 6.07 Å². The van der Waals surface area contributed by atoms with Crippen molar-refractivity contribution < 1.29 is 28.7 Å². The number of nitrogens with two attached hydrogens (primary N) is 1. The van der Waals surface area contributed by atoms with Crippen molar-refractivity contribution in [1.82, 2.24) is 20.1 Å². The maximum Gasteiger partial charge on any atom is 0.353 e. The number of fused-ring (bicyclic) bond motifs is 1. The highest BCUT2D eigenvalue weighted by Gasteiger charge is 2.72. The molecule has 2 aromatic carbocycles. The van der Waals surface area contributed by atoms with Crippen molar-refractivity contribution in [1.29, 1.82) is 5.26 Å². The second-order valence-corrected chi connectivity index (χ2v) is 13.9. The van der Waals surface area contributed by atoms with Crippen molar-refractivity contribution in [2.24, 2.45) is 11.1 Å². The predicted octanol–water partition coefficient (Wildman–Crippen LogP) is 4.46. The molecule has 3 unspecified atom stereocenters. The van der Waals surface area contributed by atoms with Crippen LogP contribution in [0.5, 0.6) is 0 Å². The molecule has 3 heterocycles. The minimum Gasteiger partial charge on any atom is -0.477 e. The zero-order valence-electron chi connectivity index (χ0n) is 25.8. The first-order chi connectivity index (χ1) is 23.1. The lowest BCUT2D eigenvalue weighted by atomic mass is 9.90. The van der Waals surface area contributed by atoms with Crippen LogP contribution in [0.25, 0.3) is 0 Å². The molecule has 1 aromatic heterocycles. The molecule has 3 aliphatic rings. The molecule has 12 nitrogen and oxygen atoms in total. The van der Waals surface area contributed by atoms with Crippen molar-refractivity contribution in [3.8, 4) is 6.07 Å². The van der Waals surface area contributed by atoms with Crippen molar-refractivity contribution in [3.63, 3.8) is 0 Å². The van der Waals surface area contributed by atoms with E-state index in [0.29, 0.717) is 21.3 Å². The van der Waals surface area contributed by atoms with E-state index in [1.54, 1.807) is 56.4 Å². The first-order valence-corrected chi connectivity index (χ1v) is 16.4. The summed E-state index contributed by atoms with van der Waals surface area (Å²) in [7, 11) is 0. The Balaban J connectivity index is 1.43. The number of nitriles is 1. The third-order valence-electron chi connectivity index (χ3n) is 9.29. The van der Waals surface area contributed by atoms with Crippen molar-refractivity contribution in [3.05, 3.63) is 104 Å². The summed E-state index contributed by atoms with van der Waals surface area (Å²) in [6, 6.07) is 12.8. The number of pyridine rings is 1. The third-order valence-corrected chi connectivity index (χ3v) is 10.3. The maximum absolute atomic E-state index is 14.6. The monoisotopic (exact) mass is 769 g/mol. The van der Waals surface area contributed by atoms with Crippen LogP contribution in [0.1, 0.15) is 43.0 Å². The van der Waals surface area contributed by atoms with E-state index in [4.69, 9.17) is 28.9 Å². The fourth-order valence-electron chi connectivity index (χ4n) is 6.64. The van der Waals surface area contributed by atoms with E-state index in [2.05, 4.69) is 26.2 Å². The van der Waals surface area contributed by atoms with Crippen LogP contribution in [0.15, 0.2) is 71.2 Å². The summed E-state index contributed by atoms with van der Waals surface area (Å²) < 4.78 is 15.2. The number of aliphatic carboxylic acids is 1. The van der Waals surface area contributed by atoms with Gasteiger partial charge in [0.25, 0.3) is 5.91 Å². The van der Waals surface area contributed by atoms with Gasteiger partial charge in [-0.3, -0.25) is 19.3 Å². The molecule has 0 spiro atoms. The SMILES string of the molecule is C[C@@H](NC(=O)C1(C(N)=O)CC1N1C=C(C(=O)O)N2C1N(c1cc(Cl)c(F)c(Cl)c1)C(=O)[C@@]2(C)Cc1ccc(C#N)cc1)c1ccc(Br)nc1. The molecule has 2 aliphatic heterocycles. The number of benzene rings is 2. The van der Waals surface area contributed by atoms with Gasteiger partial charge in [-0.15, -0.1) is 0 Å². The number of carboxylic acid groups (broad SMARTS) is 1. The van der Waals surface area contributed by atoms with Crippen LogP contribution in [0.4, 0.5) is 10.1 Å². The molecular formula is C33H27BrCl2FN7O5. The van der Waals surface area contributed by atoms with Gasteiger partial charge in [-0.1, -0.05) is 41.4 Å². The number of aromatic nitrogens is 1. The van der Waals surface area contributed by atoms with Gasteiger partial charge >= 0.3 is 5.97 Å². The van der Waals surface area contributed by atoms with Crippen LogP contribution in [0.2, 0.25) is 10.0 Å². The Morgan fingerprint density at radius 3 is 2.41 bits per heavy atom. The second-order valence-electron chi connectivity index (χ2n) is 12.3. The van der Waals surface area contributed by atoms with Crippen LogP contribution < -0.4 is 16.0 Å². The van der Waals surface area contributed by atoms with Crippen molar-refractivity contribution in [2.45, 2.75) is 50.6 Å². The van der Waals surface area contributed by atoms with Crippen LogP contribution in [0, 0.1) is 22.6 Å². The van der Waals surface area contributed by atoms with Gasteiger partial charge < -0.3 is 26.0 Å². The van der Waals surface area contributed by atoms with Crippen LogP contribution in [-0.4, -0.2) is 61.5 Å². The van der Waals surface area contributed by atoms with Gasteiger partial charge in [-0.25, -0.2) is 14.2 Å². The number of hydrogen-bond donors (Lipinski definition) is 3. The zero-order valence-corrected chi connectivity index (χ0v) is 28.9. The number of rotatable bonds is 9. The highest BCUT2D eigenvalue weighted by molar-refractivity contribution is 9.10. The lowest BCUT2D eigenvalue weighted by Gasteiger charge is -2.37. The largest absolute Gasteiger partial charge is 0.477 e. The zero-order chi connectivity index (χ0) is 35.6. The summed E-state index contributed by atoms with van der Waals surface area (Å²) in [4.78, 5) is 62.7. The summed E-state index contributed by atoms with van der Waals surface area (Å²) in [5.74, 6) is -4.51. The fourth-order valence-corrected chi connectivity index (χ4v) is 7.35. The highest BCUT2D eigenvalue weighted by atomic mass is 79.9. The number of nitrogens with one attached hydrogen (secondary N) is 1. The Labute approximate surface area is 298 Å². The van der Waals surface area contributed by atoms with Gasteiger partial charge in [0.15, 0.2) is 12.1 Å². The standard InChI is InChI=1S/C33H27BrCl2FN7O5/c1-16(19-7-8-25(34)40-14-19)41-29(48)33(28(39)47)12-24(33)42-15-23(27(45)46)44-31(42)43(20-9-21(35)26(37)22(36)10-20)30(49)32(44,2)11-17-3-5-18(13-38)6-4-17/h3-10,14-16,24,31H,11-12H2,1-2H3,(H2,39,47)(H,41,48)(H,45,46)/t16-,24?,31?,32-,33?/m1/s1. The number of halogens is 4. The van der Waals surface area contributed by atoms with Gasteiger partial charge in [0, 0.05) is 18.8 Å². The molecule has 5 atom stereocenters. The fraction of sp³-hybridized carbons (Fsp3) is 0.273. The van der Waals surface area contributed by atoms with Crippen molar-refractivity contribution in [2.75, 3.05) is 4.90 Å². The molecular weight excluding hydrogens is 744 g/mol. The summed E-state index contributed by atoms with van der Waals surface area (Å²) in [6.07, 6.45) is 1.47. The van der Waals surface area contributed by atoms with E-state index in [-0.39, 0.29) is 34.3 Å². The molecule has 0 radical (unpaired) electrons. The Morgan fingerprint density at radius 1 is 1.20 bits per heavy atom. The average Bonchev–Trinajstić information content (AvgIpc) is 3.64. The lowest BCUT2D eigenvalue weighted by molar-refractivity contribution is -0.138. The first-order valence-electron chi connectivity index (χ1n) is 14.9. The van der Waals surface area contributed by atoms with Crippen molar-refractivity contribution >= 4 is 68.5 Å². The molecule has 49 heavy (non-hydrogen) atoms. The number of carbonyl (C=O) groups excluding carboxylic acids is 3. The highest BCUT2D eigenvalue weighted by Crippen LogP contribution is 2.56. The van der Waals surface area contributed by atoms with Crippen LogP contribution >= 0.6 is 39.1 Å². The second kappa shape index (κ2) is 12.3. The number of nitrogens with zero attached hydrogens (tertiary/aromatic N) is 5. The van der Waals surface area contributed by atoms with Gasteiger partial charge in [0.05, 0.1) is 39.4 Å². The molecule has 2 fully saturated rings. The molecule has 16 heteroatoms. The number of primary amides is 1. The number of amides is 3.